The summed E-state index contributed by atoms with van der Waals surface area (Å²) in [6.07, 6.45) is 6.98. The van der Waals surface area contributed by atoms with Crippen molar-refractivity contribution in [3.05, 3.63) is 23.9 Å². The molecule has 1 nitrogen and oxygen atoms in total. The first kappa shape index (κ1) is 6.95. The third-order valence-corrected chi connectivity index (χ3v) is 1.20. The fourth-order valence-corrected chi connectivity index (χ4v) is 0.739. The van der Waals surface area contributed by atoms with E-state index in [1.165, 1.54) is 0 Å². The monoisotopic (exact) mass is 133 g/mol. The van der Waals surface area contributed by atoms with E-state index in [0.717, 1.165) is 18.5 Å². The quantitative estimate of drug-likeness (QED) is 0.493. The van der Waals surface area contributed by atoms with Gasteiger partial charge in [-0.25, -0.2) is 0 Å². The first-order chi connectivity index (χ1) is 4.93. The molecule has 10 heavy (non-hydrogen) atoms. The van der Waals surface area contributed by atoms with Gasteiger partial charge in [-0.15, -0.1) is 0 Å². The van der Waals surface area contributed by atoms with Gasteiger partial charge in [-0.1, -0.05) is 24.8 Å². The largest absolute Gasteiger partial charge is 0.386 e. The summed E-state index contributed by atoms with van der Waals surface area (Å²) < 4.78 is 0. The van der Waals surface area contributed by atoms with Gasteiger partial charge in [-0.2, -0.15) is 0 Å². The SMILES string of the molecule is CCC#CC1=CNCC=C1. The lowest BCUT2D eigenvalue weighted by molar-refractivity contribution is 0.964. The first-order valence-corrected chi connectivity index (χ1v) is 3.52. The second-order valence-electron chi connectivity index (χ2n) is 2.07. The molecular weight excluding hydrogens is 122 g/mol. The van der Waals surface area contributed by atoms with Crippen molar-refractivity contribution in [2.45, 2.75) is 13.3 Å². The van der Waals surface area contributed by atoms with Crippen LogP contribution in [0.3, 0.4) is 0 Å². The number of hydrogen-bond donors (Lipinski definition) is 1. The first-order valence-electron chi connectivity index (χ1n) is 3.52. The predicted molar refractivity (Wildman–Crippen MR) is 43.3 cm³/mol. The van der Waals surface area contributed by atoms with Crippen molar-refractivity contribution in [2.24, 2.45) is 0 Å². The van der Waals surface area contributed by atoms with Crippen LogP contribution in [0, 0.1) is 11.8 Å². The van der Waals surface area contributed by atoms with E-state index in [1.807, 2.05) is 19.2 Å². The molecule has 0 atom stereocenters. The van der Waals surface area contributed by atoms with Crippen LogP contribution in [0.4, 0.5) is 0 Å². The molecule has 1 aliphatic rings. The molecule has 1 aliphatic heterocycles. The molecule has 0 aromatic carbocycles. The summed E-state index contributed by atoms with van der Waals surface area (Å²) in [7, 11) is 0. The maximum atomic E-state index is 3.09. The molecule has 0 aromatic heterocycles. The highest BCUT2D eigenvalue weighted by molar-refractivity contribution is 5.39. The molecule has 1 heteroatoms. The molecule has 0 fully saturated rings. The normalized spacial score (nSPS) is 14.7. The maximum absolute atomic E-state index is 3.09. The Kier molecular flexibility index (Phi) is 2.63. The van der Waals surface area contributed by atoms with Crippen molar-refractivity contribution in [3.63, 3.8) is 0 Å². The van der Waals surface area contributed by atoms with Gasteiger partial charge in [-0.3, -0.25) is 0 Å². The Morgan fingerprint density at radius 1 is 1.70 bits per heavy atom. The summed E-state index contributed by atoms with van der Waals surface area (Å²) in [6, 6.07) is 0. The Morgan fingerprint density at radius 2 is 2.60 bits per heavy atom. The molecule has 0 bridgehead atoms. The Morgan fingerprint density at radius 3 is 3.20 bits per heavy atom. The van der Waals surface area contributed by atoms with E-state index >= 15 is 0 Å². The van der Waals surface area contributed by atoms with Gasteiger partial charge in [0.2, 0.25) is 0 Å². The van der Waals surface area contributed by atoms with Gasteiger partial charge in [0.1, 0.15) is 0 Å². The van der Waals surface area contributed by atoms with Gasteiger partial charge < -0.3 is 5.32 Å². The van der Waals surface area contributed by atoms with Crippen molar-refractivity contribution in [3.8, 4) is 11.8 Å². The fraction of sp³-hybridized carbons (Fsp3) is 0.333. The van der Waals surface area contributed by atoms with Gasteiger partial charge in [0.25, 0.3) is 0 Å². The summed E-state index contributed by atoms with van der Waals surface area (Å²) in [6.45, 7) is 2.98. The molecule has 0 aromatic rings. The van der Waals surface area contributed by atoms with Crippen molar-refractivity contribution < 1.29 is 0 Å². The molecule has 0 amide bonds. The Labute approximate surface area is 61.8 Å². The Bertz CT molecular complexity index is 213. The van der Waals surface area contributed by atoms with Crippen LogP contribution in [0.1, 0.15) is 13.3 Å². The molecule has 0 spiro atoms. The van der Waals surface area contributed by atoms with Crippen LogP contribution in [0.15, 0.2) is 23.9 Å². The summed E-state index contributed by atoms with van der Waals surface area (Å²) in [4.78, 5) is 0. The molecule has 0 aliphatic carbocycles. The average molecular weight is 133 g/mol. The zero-order valence-electron chi connectivity index (χ0n) is 6.15. The number of dihydropyridines is 1. The van der Waals surface area contributed by atoms with Crippen LogP contribution in [-0.2, 0) is 0 Å². The van der Waals surface area contributed by atoms with Crippen molar-refractivity contribution >= 4 is 0 Å². The van der Waals surface area contributed by atoms with Crippen molar-refractivity contribution in [1.82, 2.24) is 5.32 Å². The van der Waals surface area contributed by atoms with E-state index in [4.69, 9.17) is 0 Å². The molecule has 1 N–H and O–H groups in total. The van der Waals surface area contributed by atoms with Crippen LogP contribution in [-0.4, -0.2) is 6.54 Å². The highest BCUT2D eigenvalue weighted by atomic mass is 14.8. The lowest BCUT2D eigenvalue weighted by Crippen LogP contribution is -2.08. The summed E-state index contributed by atoms with van der Waals surface area (Å²) in [5.41, 5.74) is 1.08. The predicted octanol–water partition coefficient (Wildman–Crippen LogP) is 1.44. The van der Waals surface area contributed by atoms with Gasteiger partial charge in [0.15, 0.2) is 0 Å². The zero-order valence-corrected chi connectivity index (χ0v) is 6.15. The van der Waals surface area contributed by atoms with Gasteiger partial charge in [0, 0.05) is 24.7 Å². The van der Waals surface area contributed by atoms with Crippen molar-refractivity contribution in [1.29, 1.82) is 0 Å². The molecule has 0 saturated heterocycles. The minimum Gasteiger partial charge on any atom is -0.386 e. The van der Waals surface area contributed by atoms with E-state index in [0.29, 0.717) is 0 Å². The number of rotatable bonds is 0. The fourth-order valence-electron chi connectivity index (χ4n) is 0.739. The summed E-state index contributed by atoms with van der Waals surface area (Å²) in [5.74, 6) is 6.04. The molecule has 1 rings (SSSR count). The third kappa shape index (κ3) is 1.99. The van der Waals surface area contributed by atoms with Crippen LogP contribution < -0.4 is 5.32 Å². The minimum absolute atomic E-state index is 0.922. The molecule has 52 valence electrons. The van der Waals surface area contributed by atoms with Gasteiger partial charge in [-0.05, 0) is 6.08 Å². The second kappa shape index (κ2) is 3.79. The summed E-state index contributed by atoms with van der Waals surface area (Å²) in [5, 5.41) is 3.09. The smallest absolute Gasteiger partial charge is 0.0399 e. The minimum atomic E-state index is 0.922. The number of hydrogen-bond acceptors (Lipinski definition) is 1. The Balaban J connectivity index is 2.55. The molecule has 0 saturated carbocycles. The maximum Gasteiger partial charge on any atom is 0.0399 e. The van der Waals surface area contributed by atoms with E-state index in [1.54, 1.807) is 0 Å². The highest BCUT2D eigenvalue weighted by Crippen LogP contribution is 1.96. The standard InChI is InChI=1S/C9H11N/c1-2-3-5-9-6-4-7-10-8-9/h4,6,8,10H,2,7H2,1H3. The lowest BCUT2D eigenvalue weighted by Gasteiger charge is -2.00. The van der Waals surface area contributed by atoms with Crippen LogP contribution in [0.25, 0.3) is 0 Å². The number of nitrogens with one attached hydrogen (secondary N) is 1. The van der Waals surface area contributed by atoms with Crippen molar-refractivity contribution in [2.75, 3.05) is 6.54 Å². The van der Waals surface area contributed by atoms with E-state index in [-0.39, 0.29) is 0 Å². The molecule has 0 unspecified atom stereocenters. The average Bonchev–Trinajstić information content (AvgIpc) is 2.03. The number of allylic oxidation sites excluding steroid dienone is 2. The summed E-state index contributed by atoms with van der Waals surface area (Å²) >= 11 is 0. The van der Waals surface area contributed by atoms with Gasteiger partial charge in [0.05, 0.1) is 0 Å². The lowest BCUT2D eigenvalue weighted by atomic mass is 10.2. The Hall–Kier alpha value is -1.16. The van der Waals surface area contributed by atoms with E-state index in [9.17, 15) is 0 Å². The highest BCUT2D eigenvalue weighted by Gasteiger charge is 1.88. The molecule has 1 heterocycles. The van der Waals surface area contributed by atoms with E-state index in [2.05, 4.69) is 23.2 Å². The van der Waals surface area contributed by atoms with Crippen LogP contribution >= 0.6 is 0 Å². The third-order valence-electron chi connectivity index (χ3n) is 1.20. The van der Waals surface area contributed by atoms with Crippen LogP contribution in [0.2, 0.25) is 0 Å². The topological polar surface area (TPSA) is 12.0 Å². The van der Waals surface area contributed by atoms with E-state index < -0.39 is 0 Å². The zero-order chi connectivity index (χ0) is 7.23. The second-order valence-corrected chi connectivity index (χ2v) is 2.07. The molecule has 0 radical (unpaired) electrons. The van der Waals surface area contributed by atoms with Crippen LogP contribution in [0.5, 0.6) is 0 Å². The molecular formula is C9H11N. The van der Waals surface area contributed by atoms with Gasteiger partial charge >= 0.3 is 0 Å².